The van der Waals surface area contributed by atoms with Gasteiger partial charge in [0.15, 0.2) is 0 Å². The molecule has 136 valence electrons. The van der Waals surface area contributed by atoms with Crippen molar-refractivity contribution in [1.29, 1.82) is 0 Å². The van der Waals surface area contributed by atoms with E-state index >= 15 is 0 Å². The van der Waals surface area contributed by atoms with E-state index in [9.17, 15) is 4.79 Å². The number of para-hydroxylation sites is 1. The molecule has 0 aliphatic heterocycles. The number of methoxy groups -OCH3 is 1. The zero-order valence-electron chi connectivity index (χ0n) is 15.6. The Kier molecular flexibility index (Phi) is 5.28. The molecule has 0 saturated carbocycles. The predicted octanol–water partition coefficient (Wildman–Crippen LogP) is 3.82. The van der Waals surface area contributed by atoms with E-state index in [0.717, 1.165) is 28.0 Å². The Morgan fingerprint density at radius 3 is 2.65 bits per heavy atom. The summed E-state index contributed by atoms with van der Waals surface area (Å²) in [5.41, 5.74) is 3.22. The summed E-state index contributed by atoms with van der Waals surface area (Å²) in [6.45, 7) is 2.64. The van der Waals surface area contributed by atoms with Gasteiger partial charge in [-0.3, -0.25) is 0 Å². The van der Waals surface area contributed by atoms with Crippen molar-refractivity contribution in [2.24, 2.45) is 0 Å². The lowest BCUT2D eigenvalue weighted by Gasteiger charge is -2.27. The SMILES string of the molecule is COc1ccccc1[C@@H](CNc1cc(=O)oc2ccc(C)cc12)N(C)C. The first-order chi connectivity index (χ1) is 12.5. The summed E-state index contributed by atoms with van der Waals surface area (Å²) in [5.74, 6) is 0.848. The Morgan fingerprint density at radius 2 is 1.92 bits per heavy atom. The summed E-state index contributed by atoms with van der Waals surface area (Å²) >= 11 is 0. The van der Waals surface area contributed by atoms with E-state index in [2.05, 4.69) is 16.3 Å². The second kappa shape index (κ2) is 7.62. The second-order valence-electron chi connectivity index (χ2n) is 6.58. The predicted molar refractivity (Wildman–Crippen MR) is 105 cm³/mol. The van der Waals surface area contributed by atoms with E-state index < -0.39 is 0 Å². The fourth-order valence-corrected chi connectivity index (χ4v) is 3.14. The monoisotopic (exact) mass is 352 g/mol. The molecule has 0 spiro atoms. The van der Waals surface area contributed by atoms with Crippen molar-refractivity contribution in [1.82, 2.24) is 4.90 Å². The van der Waals surface area contributed by atoms with Crippen LogP contribution in [0.3, 0.4) is 0 Å². The Morgan fingerprint density at radius 1 is 1.15 bits per heavy atom. The van der Waals surface area contributed by atoms with Gasteiger partial charge in [-0.05, 0) is 39.2 Å². The van der Waals surface area contributed by atoms with Crippen LogP contribution in [0.2, 0.25) is 0 Å². The van der Waals surface area contributed by atoms with Gasteiger partial charge in [0, 0.05) is 23.6 Å². The number of ether oxygens (including phenoxy) is 1. The molecule has 26 heavy (non-hydrogen) atoms. The summed E-state index contributed by atoms with van der Waals surface area (Å²) in [6.07, 6.45) is 0. The van der Waals surface area contributed by atoms with Gasteiger partial charge in [-0.2, -0.15) is 0 Å². The summed E-state index contributed by atoms with van der Waals surface area (Å²) in [7, 11) is 5.73. The topological polar surface area (TPSA) is 54.7 Å². The molecule has 0 radical (unpaired) electrons. The van der Waals surface area contributed by atoms with Crippen molar-refractivity contribution >= 4 is 16.7 Å². The van der Waals surface area contributed by atoms with Crippen LogP contribution in [0.15, 0.2) is 57.7 Å². The Balaban J connectivity index is 1.94. The molecule has 0 amide bonds. The zero-order chi connectivity index (χ0) is 18.7. The van der Waals surface area contributed by atoms with Crippen LogP contribution in [0.4, 0.5) is 5.69 Å². The van der Waals surface area contributed by atoms with Gasteiger partial charge in [-0.1, -0.05) is 29.8 Å². The molecule has 5 heteroatoms. The average molecular weight is 352 g/mol. The Bertz CT molecular complexity index is 963. The van der Waals surface area contributed by atoms with Gasteiger partial charge in [-0.15, -0.1) is 0 Å². The van der Waals surface area contributed by atoms with Crippen LogP contribution >= 0.6 is 0 Å². The number of likely N-dealkylation sites (N-methyl/N-ethyl adjacent to an activating group) is 1. The lowest BCUT2D eigenvalue weighted by molar-refractivity contribution is 0.300. The Labute approximate surface area is 153 Å². The molecule has 0 fully saturated rings. The minimum atomic E-state index is -0.359. The van der Waals surface area contributed by atoms with Crippen LogP contribution in [0.25, 0.3) is 11.0 Å². The van der Waals surface area contributed by atoms with Gasteiger partial charge in [0.2, 0.25) is 0 Å². The van der Waals surface area contributed by atoms with Crippen molar-refractivity contribution in [3.05, 3.63) is 70.1 Å². The van der Waals surface area contributed by atoms with Crippen molar-refractivity contribution in [3.63, 3.8) is 0 Å². The molecular weight excluding hydrogens is 328 g/mol. The Hall–Kier alpha value is -2.79. The number of aryl methyl sites for hydroxylation is 1. The third kappa shape index (κ3) is 3.73. The molecule has 1 atom stereocenters. The molecule has 0 unspecified atom stereocenters. The van der Waals surface area contributed by atoms with Gasteiger partial charge in [0.05, 0.1) is 18.8 Å². The fraction of sp³-hybridized carbons (Fsp3) is 0.286. The fourth-order valence-electron chi connectivity index (χ4n) is 3.14. The molecule has 0 aliphatic carbocycles. The van der Waals surface area contributed by atoms with Gasteiger partial charge < -0.3 is 19.4 Å². The van der Waals surface area contributed by atoms with Crippen LogP contribution in [0.1, 0.15) is 17.2 Å². The first kappa shape index (κ1) is 18.0. The van der Waals surface area contributed by atoms with Crippen molar-refractivity contribution < 1.29 is 9.15 Å². The van der Waals surface area contributed by atoms with Crippen molar-refractivity contribution in [2.75, 3.05) is 33.1 Å². The largest absolute Gasteiger partial charge is 0.496 e. The minimum absolute atomic E-state index is 0.0817. The number of anilines is 1. The molecule has 5 nitrogen and oxygen atoms in total. The summed E-state index contributed by atoms with van der Waals surface area (Å²) in [5, 5.41) is 4.33. The van der Waals surface area contributed by atoms with Crippen LogP contribution in [0.5, 0.6) is 5.75 Å². The molecule has 3 rings (SSSR count). The number of nitrogens with zero attached hydrogens (tertiary/aromatic N) is 1. The molecule has 0 bridgehead atoms. The number of rotatable bonds is 6. The van der Waals surface area contributed by atoms with Crippen LogP contribution in [-0.2, 0) is 0 Å². The van der Waals surface area contributed by atoms with Crippen molar-refractivity contribution in [2.45, 2.75) is 13.0 Å². The highest BCUT2D eigenvalue weighted by Crippen LogP contribution is 2.29. The smallest absolute Gasteiger partial charge is 0.338 e. The minimum Gasteiger partial charge on any atom is -0.496 e. The van der Waals surface area contributed by atoms with Crippen LogP contribution < -0.4 is 15.7 Å². The molecule has 1 aromatic heterocycles. The molecule has 2 aromatic carbocycles. The quantitative estimate of drug-likeness (QED) is 0.684. The van der Waals surface area contributed by atoms with E-state index in [1.165, 1.54) is 6.07 Å². The lowest BCUT2D eigenvalue weighted by atomic mass is 10.0. The number of nitrogens with one attached hydrogen (secondary N) is 1. The number of fused-ring (bicyclic) bond motifs is 1. The standard InChI is InChI=1S/C21H24N2O3/c1-14-9-10-20-16(11-14)17(12-21(24)26-20)22-13-18(23(2)3)15-7-5-6-8-19(15)25-4/h5-12,18,22H,13H2,1-4H3/t18-/m1/s1. The molecule has 1 heterocycles. The maximum absolute atomic E-state index is 11.9. The highest BCUT2D eigenvalue weighted by molar-refractivity contribution is 5.90. The maximum atomic E-state index is 11.9. The molecule has 0 saturated heterocycles. The first-order valence-corrected chi connectivity index (χ1v) is 8.57. The summed E-state index contributed by atoms with van der Waals surface area (Å²) in [6, 6.07) is 15.4. The van der Waals surface area contributed by atoms with E-state index in [4.69, 9.17) is 9.15 Å². The number of benzene rings is 2. The third-order valence-electron chi connectivity index (χ3n) is 4.51. The average Bonchev–Trinajstić information content (AvgIpc) is 2.62. The second-order valence-corrected chi connectivity index (χ2v) is 6.58. The highest BCUT2D eigenvalue weighted by Gasteiger charge is 2.18. The molecule has 3 aromatic rings. The van der Waals surface area contributed by atoms with Gasteiger partial charge >= 0.3 is 5.63 Å². The van der Waals surface area contributed by atoms with Crippen LogP contribution in [0, 0.1) is 6.92 Å². The maximum Gasteiger partial charge on any atom is 0.338 e. The van der Waals surface area contributed by atoms with Crippen molar-refractivity contribution in [3.8, 4) is 5.75 Å². The zero-order valence-corrected chi connectivity index (χ0v) is 15.6. The normalized spacial score (nSPS) is 12.3. The number of hydrogen-bond donors (Lipinski definition) is 1. The highest BCUT2D eigenvalue weighted by atomic mass is 16.5. The van der Waals surface area contributed by atoms with E-state index in [1.54, 1.807) is 7.11 Å². The molecule has 1 N–H and O–H groups in total. The van der Waals surface area contributed by atoms with E-state index in [0.29, 0.717) is 12.1 Å². The summed E-state index contributed by atoms with van der Waals surface area (Å²) in [4.78, 5) is 14.0. The van der Waals surface area contributed by atoms with Gasteiger partial charge in [0.1, 0.15) is 11.3 Å². The van der Waals surface area contributed by atoms with Gasteiger partial charge in [0.25, 0.3) is 0 Å². The third-order valence-corrected chi connectivity index (χ3v) is 4.51. The number of hydrogen-bond acceptors (Lipinski definition) is 5. The lowest BCUT2D eigenvalue weighted by Crippen LogP contribution is -2.27. The van der Waals surface area contributed by atoms with Gasteiger partial charge in [-0.25, -0.2) is 4.79 Å². The first-order valence-electron chi connectivity index (χ1n) is 8.57. The van der Waals surface area contributed by atoms with E-state index in [-0.39, 0.29) is 11.7 Å². The molecular formula is C21H24N2O3. The summed E-state index contributed by atoms with van der Waals surface area (Å²) < 4.78 is 10.8. The van der Waals surface area contributed by atoms with Crippen LogP contribution in [-0.4, -0.2) is 32.6 Å². The molecule has 0 aliphatic rings. The van der Waals surface area contributed by atoms with E-state index in [1.807, 2.05) is 57.4 Å².